The average Bonchev–Trinajstić information content (AvgIpc) is 2.94. The van der Waals surface area contributed by atoms with Crippen molar-refractivity contribution in [3.05, 3.63) is 72.0 Å². The fraction of sp³-hybridized carbons (Fsp3) is 0.618. The molecule has 1 aromatic carbocycles. The lowest BCUT2D eigenvalue weighted by Gasteiger charge is -2.30. The third-order valence-electron chi connectivity index (χ3n) is 7.89. The van der Waals surface area contributed by atoms with E-state index >= 15 is 0 Å². The Labute approximate surface area is 233 Å². The number of unbranched alkanes of at least 4 members (excludes halogenated alkanes) is 2. The number of allylic oxidation sites excluding steroid dienone is 1. The molecular formula is C34H54O4. The van der Waals surface area contributed by atoms with Crippen LogP contribution in [-0.2, 0) is 14.3 Å². The molecule has 0 radical (unpaired) electrons. The fourth-order valence-corrected chi connectivity index (χ4v) is 5.38. The molecule has 0 spiro atoms. The van der Waals surface area contributed by atoms with Gasteiger partial charge in [0.05, 0.1) is 19.8 Å². The van der Waals surface area contributed by atoms with Crippen molar-refractivity contribution in [2.45, 2.75) is 96.8 Å². The van der Waals surface area contributed by atoms with Gasteiger partial charge in [-0.25, -0.2) is 0 Å². The van der Waals surface area contributed by atoms with Gasteiger partial charge in [-0.3, -0.25) is 4.79 Å². The lowest BCUT2D eigenvalue weighted by Crippen LogP contribution is -2.19. The first kappa shape index (κ1) is 33.9. The zero-order chi connectivity index (χ0) is 28.3. The van der Waals surface area contributed by atoms with Crippen molar-refractivity contribution in [1.29, 1.82) is 0 Å². The SMILES string of the molecule is C=C(C)C=O.C=C(CO)C(=C)OCCC(CC)C(COC)c1ccc(C2CCC(CCCCC)CC2)cc1. The molecule has 4 heteroatoms. The number of carbonyl (C=O) groups is 1. The van der Waals surface area contributed by atoms with Crippen LogP contribution in [0.5, 0.6) is 0 Å². The van der Waals surface area contributed by atoms with Gasteiger partial charge in [-0.2, -0.15) is 0 Å². The van der Waals surface area contributed by atoms with Crippen LogP contribution in [0.25, 0.3) is 0 Å². The van der Waals surface area contributed by atoms with E-state index in [0.717, 1.165) is 31.0 Å². The molecule has 1 N–H and O–H groups in total. The van der Waals surface area contributed by atoms with Crippen LogP contribution < -0.4 is 0 Å². The minimum absolute atomic E-state index is 0.116. The monoisotopic (exact) mass is 526 g/mol. The number of aldehydes is 1. The van der Waals surface area contributed by atoms with E-state index in [1.54, 1.807) is 14.0 Å². The number of hydrogen-bond donors (Lipinski definition) is 1. The van der Waals surface area contributed by atoms with Crippen molar-refractivity contribution >= 4 is 6.29 Å². The Morgan fingerprint density at radius 3 is 2.21 bits per heavy atom. The van der Waals surface area contributed by atoms with Crippen molar-refractivity contribution in [3.8, 4) is 0 Å². The van der Waals surface area contributed by atoms with Gasteiger partial charge in [0.15, 0.2) is 0 Å². The molecule has 214 valence electrons. The smallest absolute Gasteiger partial charge is 0.145 e. The molecule has 0 amide bonds. The van der Waals surface area contributed by atoms with Gasteiger partial charge in [-0.05, 0) is 73.5 Å². The second-order valence-corrected chi connectivity index (χ2v) is 10.9. The molecule has 4 nitrogen and oxygen atoms in total. The van der Waals surface area contributed by atoms with Gasteiger partial charge >= 0.3 is 0 Å². The summed E-state index contributed by atoms with van der Waals surface area (Å²) in [4.78, 5) is 9.41. The van der Waals surface area contributed by atoms with Gasteiger partial charge < -0.3 is 14.6 Å². The largest absolute Gasteiger partial charge is 0.494 e. The molecule has 2 unspecified atom stereocenters. The van der Waals surface area contributed by atoms with Crippen LogP contribution in [0.4, 0.5) is 0 Å². The first-order valence-electron chi connectivity index (χ1n) is 14.6. The van der Waals surface area contributed by atoms with Gasteiger partial charge in [0.2, 0.25) is 0 Å². The van der Waals surface area contributed by atoms with Crippen LogP contribution in [0.2, 0.25) is 0 Å². The molecule has 38 heavy (non-hydrogen) atoms. The molecule has 0 aliphatic heterocycles. The van der Waals surface area contributed by atoms with E-state index in [2.05, 4.69) is 57.8 Å². The Balaban J connectivity index is 0.00000132. The van der Waals surface area contributed by atoms with Crippen LogP contribution in [0, 0.1) is 11.8 Å². The van der Waals surface area contributed by atoms with Gasteiger partial charge in [-0.15, -0.1) is 0 Å². The van der Waals surface area contributed by atoms with E-state index in [0.29, 0.717) is 42.0 Å². The molecule has 1 fully saturated rings. The number of rotatable bonds is 17. The third kappa shape index (κ3) is 12.6. The maximum Gasteiger partial charge on any atom is 0.145 e. The Bertz CT molecular complexity index is 817. The van der Waals surface area contributed by atoms with Crippen molar-refractivity contribution < 1.29 is 19.4 Å². The first-order chi connectivity index (χ1) is 18.3. The highest BCUT2D eigenvalue weighted by atomic mass is 16.5. The number of aliphatic hydroxyl groups excluding tert-OH is 1. The molecule has 0 bridgehead atoms. The standard InChI is InChI=1S/C30H48O3.C4H6O/c1-6-8-9-10-25-11-13-27(14-12-25)28-15-17-29(18-16-28)30(22-32-5)26(7-2)19-20-33-24(4)23(3)21-31;1-4(2)3-5/h15-18,25-27,30-31H,3-4,6-14,19-22H2,1-2,5H3;3H,1H2,2H3. The number of hydrogen-bond acceptors (Lipinski definition) is 4. The summed E-state index contributed by atoms with van der Waals surface area (Å²) < 4.78 is 11.4. The average molecular weight is 527 g/mol. The van der Waals surface area contributed by atoms with E-state index in [4.69, 9.17) is 9.47 Å². The van der Waals surface area contributed by atoms with Gasteiger partial charge in [-0.1, -0.05) is 90.0 Å². The maximum absolute atomic E-state index is 9.41. The number of aliphatic hydroxyl groups is 1. The Morgan fingerprint density at radius 2 is 1.71 bits per heavy atom. The van der Waals surface area contributed by atoms with Crippen LogP contribution in [0.15, 0.2) is 60.9 Å². The number of carbonyl (C=O) groups excluding carboxylic acids is 1. The van der Waals surface area contributed by atoms with Gasteiger partial charge in [0.1, 0.15) is 12.0 Å². The maximum atomic E-state index is 9.41. The molecule has 1 aliphatic rings. The summed E-state index contributed by atoms with van der Waals surface area (Å²) in [7, 11) is 1.79. The van der Waals surface area contributed by atoms with E-state index in [-0.39, 0.29) is 6.61 Å². The molecule has 0 saturated heterocycles. The summed E-state index contributed by atoms with van der Waals surface area (Å²) >= 11 is 0. The van der Waals surface area contributed by atoms with Gasteiger partial charge in [0, 0.05) is 18.6 Å². The fourth-order valence-electron chi connectivity index (χ4n) is 5.38. The third-order valence-corrected chi connectivity index (χ3v) is 7.89. The van der Waals surface area contributed by atoms with Crippen LogP contribution in [0.3, 0.4) is 0 Å². The molecule has 0 aromatic heterocycles. The van der Waals surface area contributed by atoms with E-state index < -0.39 is 0 Å². The topological polar surface area (TPSA) is 55.8 Å². The van der Waals surface area contributed by atoms with E-state index in [1.165, 1.54) is 62.5 Å². The lowest BCUT2D eigenvalue weighted by molar-refractivity contribution is -0.104. The molecule has 1 aliphatic carbocycles. The van der Waals surface area contributed by atoms with Gasteiger partial charge in [0.25, 0.3) is 0 Å². The van der Waals surface area contributed by atoms with Crippen LogP contribution in [-0.4, -0.2) is 38.3 Å². The van der Waals surface area contributed by atoms with Crippen LogP contribution in [0.1, 0.15) is 108 Å². The minimum Gasteiger partial charge on any atom is -0.494 e. The number of ether oxygens (including phenoxy) is 2. The predicted octanol–water partition coefficient (Wildman–Crippen LogP) is 8.53. The number of methoxy groups -OCH3 is 1. The van der Waals surface area contributed by atoms with E-state index in [1.807, 2.05) is 0 Å². The molecule has 1 aromatic rings. The van der Waals surface area contributed by atoms with Crippen molar-refractivity contribution in [2.24, 2.45) is 11.8 Å². The van der Waals surface area contributed by atoms with Crippen molar-refractivity contribution in [3.63, 3.8) is 0 Å². The quantitative estimate of drug-likeness (QED) is 0.0726. The second-order valence-electron chi connectivity index (χ2n) is 10.9. The highest BCUT2D eigenvalue weighted by Crippen LogP contribution is 2.39. The summed E-state index contributed by atoms with van der Waals surface area (Å²) in [5.41, 5.74) is 3.99. The van der Waals surface area contributed by atoms with Crippen molar-refractivity contribution in [1.82, 2.24) is 0 Å². The molecular weight excluding hydrogens is 472 g/mol. The summed E-state index contributed by atoms with van der Waals surface area (Å²) in [6.45, 7) is 18.3. The summed E-state index contributed by atoms with van der Waals surface area (Å²) in [6, 6.07) is 9.41. The van der Waals surface area contributed by atoms with E-state index in [9.17, 15) is 9.90 Å². The molecule has 1 saturated carbocycles. The summed E-state index contributed by atoms with van der Waals surface area (Å²) in [5, 5.41) is 9.18. The predicted molar refractivity (Wildman–Crippen MR) is 160 cm³/mol. The highest BCUT2D eigenvalue weighted by Gasteiger charge is 2.25. The number of benzene rings is 1. The highest BCUT2D eigenvalue weighted by molar-refractivity contribution is 5.70. The van der Waals surface area contributed by atoms with Crippen molar-refractivity contribution in [2.75, 3.05) is 26.9 Å². The Morgan fingerprint density at radius 1 is 1.08 bits per heavy atom. The molecule has 0 heterocycles. The lowest BCUT2D eigenvalue weighted by atomic mass is 9.76. The second kappa shape index (κ2) is 19.8. The summed E-state index contributed by atoms with van der Waals surface area (Å²) in [5.74, 6) is 2.98. The minimum atomic E-state index is -0.116. The van der Waals surface area contributed by atoms with Crippen LogP contribution >= 0.6 is 0 Å². The summed E-state index contributed by atoms with van der Waals surface area (Å²) in [6.07, 6.45) is 13.7. The Kier molecular flexibility index (Phi) is 17.7. The zero-order valence-corrected chi connectivity index (χ0v) is 24.7. The zero-order valence-electron chi connectivity index (χ0n) is 24.7. The normalized spacial score (nSPS) is 18.4. The molecule has 2 rings (SSSR count). The first-order valence-corrected chi connectivity index (χ1v) is 14.6. The molecule has 2 atom stereocenters. The Hall–Kier alpha value is -2.17.